The molecule has 1 aliphatic carbocycles. The van der Waals surface area contributed by atoms with E-state index >= 15 is 0 Å². The van der Waals surface area contributed by atoms with Gasteiger partial charge in [0.25, 0.3) is 0 Å². The van der Waals surface area contributed by atoms with E-state index < -0.39 is 23.9 Å². The van der Waals surface area contributed by atoms with Crippen molar-refractivity contribution in [2.75, 3.05) is 17.7 Å². The van der Waals surface area contributed by atoms with Crippen molar-refractivity contribution in [3.8, 4) is 0 Å². The number of alkyl halides is 3. The van der Waals surface area contributed by atoms with Gasteiger partial charge in [0.2, 0.25) is 5.91 Å². The van der Waals surface area contributed by atoms with Crippen LogP contribution >= 0.6 is 0 Å². The van der Waals surface area contributed by atoms with Crippen molar-refractivity contribution in [1.29, 1.82) is 0 Å². The molecule has 1 unspecified atom stereocenters. The molecule has 0 radical (unpaired) electrons. The Kier molecular flexibility index (Phi) is 6.46. The van der Waals surface area contributed by atoms with Crippen LogP contribution < -0.4 is 10.6 Å². The lowest BCUT2D eigenvalue weighted by Crippen LogP contribution is -2.47. The van der Waals surface area contributed by atoms with Gasteiger partial charge in [-0.2, -0.15) is 13.2 Å². The Balaban J connectivity index is 1.64. The normalized spacial score (nSPS) is 18.0. The minimum atomic E-state index is -4.75. The molecule has 4 rings (SSSR count). The molecule has 0 aliphatic heterocycles. The summed E-state index contributed by atoms with van der Waals surface area (Å²) >= 11 is 0. The molecule has 1 amide bonds. The quantitative estimate of drug-likeness (QED) is 0.423. The van der Waals surface area contributed by atoms with E-state index in [0.717, 1.165) is 41.2 Å². The topological polar surface area (TPSA) is 54.0 Å². The number of benzene rings is 2. The van der Waals surface area contributed by atoms with Crippen LogP contribution in [0.1, 0.15) is 31.0 Å². The SMILES string of the molecule is CCCc1cc(NC)c2cc(NC(=O)C3(C(F)(F)F)C=CC(c4ccccc4)=CC3)ccc2n1. The molecular weight excluding hydrogens is 439 g/mol. The smallest absolute Gasteiger partial charge is 0.388 e. The average molecular weight is 466 g/mol. The standard InChI is InChI=1S/C27H26F3N3O/c1-3-7-20-17-24(31-2)22-16-21(10-11-23(22)32-20)33-25(34)26(27(28,29)30)14-12-19(13-15-26)18-8-5-4-6-9-18/h4-6,8-14,16-17H,3,7,15H2,1-2H3,(H,31,32)(H,33,34). The number of nitrogens with one attached hydrogen (secondary N) is 2. The third-order valence-corrected chi connectivity index (χ3v) is 6.10. The minimum absolute atomic E-state index is 0.286. The summed E-state index contributed by atoms with van der Waals surface area (Å²) in [6.07, 6.45) is 0.372. The van der Waals surface area contributed by atoms with Gasteiger partial charge < -0.3 is 10.6 Å². The summed E-state index contributed by atoms with van der Waals surface area (Å²) in [5, 5.41) is 6.34. The number of allylic oxidation sites excluding steroid dienone is 3. The summed E-state index contributed by atoms with van der Waals surface area (Å²) in [6.45, 7) is 2.07. The predicted octanol–water partition coefficient (Wildman–Crippen LogP) is 6.76. The maximum atomic E-state index is 14.2. The van der Waals surface area contributed by atoms with Crippen molar-refractivity contribution in [1.82, 2.24) is 4.98 Å². The first-order valence-electron chi connectivity index (χ1n) is 11.2. The number of fused-ring (bicyclic) bond motifs is 1. The summed E-state index contributed by atoms with van der Waals surface area (Å²) < 4.78 is 42.6. The van der Waals surface area contributed by atoms with Crippen molar-refractivity contribution in [2.24, 2.45) is 5.41 Å². The fourth-order valence-corrected chi connectivity index (χ4v) is 4.18. The van der Waals surface area contributed by atoms with Gasteiger partial charge in [0, 0.05) is 29.5 Å². The number of hydrogen-bond acceptors (Lipinski definition) is 3. The van der Waals surface area contributed by atoms with Crippen molar-refractivity contribution >= 4 is 33.8 Å². The Bertz CT molecular complexity index is 1270. The highest BCUT2D eigenvalue weighted by atomic mass is 19.4. The Morgan fingerprint density at radius 2 is 1.88 bits per heavy atom. The summed E-state index contributed by atoms with van der Waals surface area (Å²) in [6, 6.07) is 16.0. The lowest BCUT2D eigenvalue weighted by atomic mass is 9.77. The Morgan fingerprint density at radius 3 is 2.50 bits per heavy atom. The van der Waals surface area contributed by atoms with E-state index in [9.17, 15) is 18.0 Å². The summed E-state index contributed by atoms with van der Waals surface area (Å²) in [5.74, 6) is -1.11. The number of carbonyl (C=O) groups excluding carboxylic acids is 1. The van der Waals surface area contributed by atoms with Gasteiger partial charge in [0.05, 0.1) is 5.52 Å². The van der Waals surface area contributed by atoms with Crippen LogP contribution in [0.3, 0.4) is 0 Å². The number of nitrogens with zero attached hydrogens (tertiary/aromatic N) is 1. The Morgan fingerprint density at radius 1 is 1.12 bits per heavy atom. The molecule has 2 N–H and O–H groups in total. The fourth-order valence-electron chi connectivity index (χ4n) is 4.18. The van der Waals surface area contributed by atoms with Crippen LogP contribution in [0.2, 0.25) is 0 Å². The Labute approximate surface area is 196 Å². The van der Waals surface area contributed by atoms with Crippen LogP contribution in [0.15, 0.2) is 72.8 Å². The molecule has 0 bridgehead atoms. The van der Waals surface area contributed by atoms with Crippen LogP contribution in [-0.4, -0.2) is 24.1 Å². The van der Waals surface area contributed by atoms with Crippen LogP contribution in [0.4, 0.5) is 24.5 Å². The number of pyridine rings is 1. The van der Waals surface area contributed by atoms with Gasteiger partial charge in [-0.1, -0.05) is 61.9 Å². The van der Waals surface area contributed by atoms with E-state index in [4.69, 9.17) is 0 Å². The van der Waals surface area contributed by atoms with Crippen molar-refractivity contribution in [2.45, 2.75) is 32.4 Å². The highest BCUT2D eigenvalue weighted by molar-refractivity contribution is 6.01. The highest BCUT2D eigenvalue weighted by Crippen LogP contribution is 2.47. The first-order valence-corrected chi connectivity index (χ1v) is 11.2. The van der Waals surface area contributed by atoms with Crippen LogP contribution in [0.5, 0.6) is 0 Å². The molecule has 0 fully saturated rings. The van der Waals surface area contributed by atoms with Crippen LogP contribution in [0.25, 0.3) is 16.5 Å². The number of hydrogen-bond donors (Lipinski definition) is 2. The molecule has 1 aliphatic rings. The minimum Gasteiger partial charge on any atom is -0.388 e. The zero-order valence-corrected chi connectivity index (χ0v) is 19.0. The molecule has 1 aromatic heterocycles. The number of carbonyl (C=O) groups is 1. The fraction of sp³-hybridized carbons (Fsp3) is 0.259. The molecule has 7 heteroatoms. The van der Waals surface area contributed by atoms with Gasteiger partial charge >= 0.3 is 6.18 Å². The first kappa shape index (κ1) is 23.5. The van der Waals surface area contributed by atoms with E-state index in [1.54, 1.807) is 25.2 Å². The van der Waals surface area contributed by atoms with E-state index in [1.807, 2.05) is 36.4 Å². The molecule has 3 aromatic rings. The van der Waals surface area contributed by atoms with Gasteiger partial charge in [-0.05, 0) is 48.2 Å². The van der Waals surface area contributed by atoms with Gasteiger partial charge in [-0.25, -0.2) is 0 Å². The maximum Gasteiger partial charge on any atom is 0.406 e. The number of rotatable bonds is 6. The molecule has 0 spiro atoms. The molecule has 176 valence electrons. The zero-order valence-electron chi connectivity index (χ0n) is 19.0. The van der Waals surface area contributed by atoms with Gasteiger partial charge in [0.1, 0.15) is 0 Å². The lowest BCUT2D eigenvalue weighted by molar-refractivity contribution is -0.203. The van der Waals surface area contributed by atoms with Crippen molar-refractivity contribution in [3.63, 3.8) is 0 Å². The number of amides is 1. The second-order valence-electron chi connectivity index (χ2n) is 8.38. The van der Waals surface area contributed by atoms with Gasteiger partial charge in [-0.3, -0.25) is 9.78 Å². The second kappa shape index (κ2) is 9.33. The van der Waals surface area contributed by atoms with Crippen LogP contribution in [-0.2, 0) is 11.2 Å². The van der Waals surface area contributed by atoms with Gasteiger partial charge in [0.15, 0.2) is 5.41 Å². The van der Waals surface area contributed by atoms with E-state index in [1.165, 1.54) is 12.2 Å². The number of halogens is 3. The largest absolute Gasteiger partial charge is 0.406 e. The molecule has 34 heavy (non-hydrogen) atoms. The molecule has 0 saturated heterocycles. The summed E-state index contributed by atoms with van der Waals surface area (Å²) in [7, 11) is 1.78. The average Bonchev–Trinajstić information content (AvgIpc) is 2.83. The monoisotopic (exact) mass is 465 g/mol. The van der Waals surface area contributed by atoms with E-state index in [-0.39, 0.29) is 5.69 Å². The second-order valence-corrected chi connectivity index (χ2v) is 8.38. The van der Waals surface area contributed by atoms with Crippen molar-refractivity contribution in [3.05, 3.63) is 84.1 Å². The molecule has 0 saturated carbocycles. The van der Waals surface area contributed by atoms with E-state index in [2.05, 4.69) is 22.5 Å². The molecule has 2 aromatic carbocycles. The van der Waals surface area contributed by atoms with Gasteiger partial charge in [-0.15, -0.1) is 0 Å². The number of aromatic nitrogens is 1. The third-order valence-electron chi connectivity index (χ3n) is 6.10. The first-order chi connectivity index (χ1) is 16.3. The summed E-state index contributed by atoms with van der Waals surface area (Å²) in [4.78, 5) is 17.7. The zero-order chi connectivity index (χ0) is 24.3. The summed E-state index contributed by atoms with van der Waals surface area (Å²) in [5.41, 5.74) is 1.56. The highest BCUT2D eigenvalue weighted by Gasteiger charge is 2.58. The predicted molar refractivity (Wildman–Crippen MR) is 131 cm³/mol. The van der Waals surface area contributed by atoms with Crippen LogP contribution in [0, 0.1) is 5.41 Å². The third kappa shape index (κ3) is 4.42. The number of aryl methyl sites for hydroxylation is 1. The van der Waals surface area contributed by atoms with Crippen molar-refractivity contribution < 1.29 is 18.0 Å². The molecule has 1 heterocycles. The molecule has 4 nitrogen and oxygen atoms in total. The van der Waals surface area contributed by atoms with E-state index in [0.29, 0.717) is 11.1 Å². The Hall–Kier alpha value is -3.61. The number of anilines is 2. The molecular formula is C27H26F3N3O. The maximum absolute atomic E-state index is 14.2. The molecule has 1 atom stereocenters. The lowest BCUT2D eigenvalue weighted by Gasteiger charge is -2.33.